The van der Waals surface area contributed by atoms with Gasteiger partial charge in [-0.3, -0.25) is 0 Å². The van der Waals surface area contributed by atoms with Gasteiger partial charge >= 0.3 is 0 Å². The van der Waals surface area contributed by atoms with Gasteiger partial charge < -0.3 is 14.3 Å². The molecule has 0 saturated heterocycles. The van der Waals surface area contributed by atoms with Gasteiger partial charge in [-0.2, -0.15) is 0 Å². The Labute approximate surface area is 93.1 Å². The molecule has 0 unspecified atom stereocenters. The van der Waals surface area contributed by atoms with E-state index in [0.717, 1.165) is 26.1 Å². The number of ketones is 1. The maximum absolute atomic E-state index is 10.6. The summed E-state index contributed by atoms with van der Waals surface area (Å²) in [5, 5.41) is 0. The van der Waals surface area contributed by atoms with Crippen LogP contribution >= 0.6 is 0 Å². The van der Waals surface area contributed by atoms with Crippen molar-refractivity contribution >= 4 is 5.78 Å². The first kappa shape index (κ1) is 14.6. The van der Waals surface area contributed by atoms with Crippen molar-refractivity contribution in [1.82, 2.24) is 0 Å². The van der Waals surface area contributed by atoms with Crippen LogP contribution in [0.4, 0.5) is 0 Å². The fourth-order valence-corrected chi connectivity index (χ4v) is 1.12. The molecule has 0 fully saturated rings. The zero-order chi connectivity index (χ0) is 11.5. The summed E-state index contributed by atoms with van der Waals surface area (Å²) in [6.07, 6.45) is 2.57. The zero-order valence-electron chi connectivity index (χ0n) is 10.3. The summed E-state index contributed by atoms with van der Waals surface area (Å²) in [4.78, 5) is 10.6. The smallest absolute Gasteiger partial charge is 0.129 e. The highest BCUT2D eigenvalue weighted by molar-refractivity contribution is 5.75. The second-order valence-electron chi connectivity index (χ2n) is 4.24. The number of ether oxygens (including phenoxy) is 2. The number of carbonyl (C=O) groups excluding carboxylic acids is 1. The Hall–Kier alpha value is -0.410. The highest BCUT2D eigenvalue weighted by Crippen LogP contribution is 1.97. The second-order valence-corrected chi connectivity index (χ2v) is 4.24. The summed E-state index contributed by atoms with van der Waals surface area (Å²) in [6, 6.07) is 0. The van der Waals surface area contributed by atoms with Crippen LogP contribution < -0.4 is 0 Å². The molecule has 3 heteroatoms. The van der Waals surface area contributed by atoms with Gasteiger partial charge in [0.15, 0.2) is 0 Å². The number of hydrogen-bond donors (Lipinski definition) is 0. The largest absolute Gasteiger partial charge is 0.379 e. The van der Waals surface area contributed by atoms with Crippen molar-refractivity contribution in [3.05, 3.63) is 0 Å². The lowest BCUT2D eigenvalue weighted by atomic mass is 10.2. The van der Waals surface area contributed by atoms with Gasteiger partial charge in [0.1, 0.15) is 5.78 Å². The minimum absolute atomic E-state index is 0.260. The van der Waals surface area contributed by atoms with Gasteiger partial charge in [-0.25, -0.2) is 0 Å². The monoisotopic (exact) mass is 216 g/mol. The number of carbonyl (C=O) groups is 1. The first-order chi connectivity index (χ1) is 7.13. The summed E-state index contributed by atoms with van der Waals surface area (Å²) >= 11 is 0. The van der Waals surface area contributed by atoms with Gasteiger partial charge in [-0.1, -0.05) is 13.8 Å². The standard InChI is InChI=1S/C12H24O3/c1-11(2)10-15-9-8-14-7-5-4-6-12(3)13/h11H,4-10H2,1-3H3. The molecular formula is C12H24O3. The first-order valence-corrected chi connectivity index (χ1v) is 5.78. The van der Waals surface area contributed by atoms with Gasteiger partial charge in [-0.15, -0.1) is 0 Å². The van der Waals surface area contributed by atoms with E-state index in [-0.39, 0.29) is 5.78 Å². The van der Waals surface area contributed by atoms with Crippen molar-refractivity contribution in [2.45, 2.75) is 40.0 Å². The van der Waals surface area contributed by atoms with Crippen LogP contribution in [0.1, 0.15) is 40.0 Å². The average molecular weight is 216 g/mol. The van der Waals surface area contributed by atoms with Crippen LogP contribution in [-0.4, -0.2) is 32.2 Å². The molecule has 0 aromatic rings. The third kappa shape index (κ3) is 13.6. The quantitative estimate of drug-likeness (QED) is 0.526. The minimum atomic E-state index is 0.260. The molecule has 0 aliphatic heterocycles. The van der Waals surface area contributed by atoms with E-state index in [4.69, 9.17) is 9.47 Å². The van der Waals surface area contributed by atoms with Crippen molar-refractivity contribution in [3.8, 4) is 0 Å². The molecule has 15 heavy (non-hydrogen) atoms. The molecule has 0 atom stereocenters. The first-order valence-electron chi connectivity index (χ1n) is 5.78. The lowest BCUT2D eigenvalue weighted by molar-refractivity contribution is -0.117. The van der Waals surface area contributed by atoms with E-state index < -0.39 is 0 Å². The Morgan fingerprint density at radius 2 is 1.73 bits per heavy atom. The molecule has 0 amide bonds. The SMILES string of the molecule is CC(=O)CCCCOCCOCC(C)C. The lowest BCUT2D eigenvalue weighted by Gasteiger charge is -2.07. The van der Waals surface area contributed by atoms with E-state index in [1.807, 2.05) is 0 Å². The van der Waals surface area contributed by atoms with E-state index in [2.05, 4.69) is 13.8 Å². The summed E-state index contributed by atoms with van der Waals surface area (Å²) in [5.74, 6) is 0.843. The van der Waals surface area contributed by atoms with Crippen LogP contribution in [0.5, 0.6) is 0 Å². The predicted octanol–water partition coefficient (Wildman–Crippen LogP) is 2.43. The number of unbranched alkanes of at least 4 members (excludes halogenated alkanes) is 1. The minimum Gasteiger partial charge on any atom is -0.379 e. The van der Waals surface area contributed by atoms with E-state index in [0.29, 0.717) is 25.6 Å². The molecule has 90 valence electrons. The third-order valence-corrected chi connectivity index (χ3v) is 1.89. The summed E-state index contributed by atoms with van der Waals surface area (Å²) in [5.41, 5.74) is 0. The molecule has 0 bridgehead atoms. The molecule has 0 aliphatic carbocycles. The van der Waals surface area contributed by atoms with Crippen molar-refractivity contribution in [2.75, 3.05) is 26.4 Å². The third-order valence-electron chi connectivity index (χ3n) is 1.89. The Morgan fingerprint density at radius 3 is 2.33 bits per heavy atom. The van der Waals surface area contributed by atoms with Crippen LogP contribution in [0.15, 0.2) is 0 Å². The van der Waals surface area contributed by atoms with Crippen molar-refractivity contribution < 1.29 is 14.3 Å². The van der Waals surface area contributed by atoms with Gasteiger partial charge in [0.25, 0.3) is 0 Å². The van der Waals surface area contributed by atoms with Crippen molar-refractivity contribution in [2.24, 2.45) is 5.92 Å². The molecule has 0 aliphatic rings. The highest BCUT2D eigenvalue weighted by Gasteiger charge is 1.95. The van der Waals surface area contributed by atoms with E-state index in [1.165, 1.54) is 0 Å². The van der Waals surface area contributed by atoms with Crippen molar-refractivity contribution in [1.29, 1.82) is 0 Å². The number of rotatable bonds is 10. The van der Waals surface area contributed by atoms with Gasteiger partial charge in [0.05, 0.1) is 13.2 Å². The second kappa shape index (κ2) is 10.1. The van der Waals surface area contributed by atoms with Crippen LogP contribution in [0.2, 0.25) is 0 Å². The summed E-state index contributed by atoms with van der Waals surface area (Å²) in [7, 11) is 0. The van der Waals surface area contributed by atoms with Crippen LogP contribution in [-0.2, 0) is 14.3 Å². The van der Waals surface area contributed by atoms with Gasteiger partial charge in [-0.05, 0) is 25.7 Å². The summed E-state index contributed by atoms with van der Waals surface area (Å²) < 4.78 is 10.7. The van der Waals surface area contributed by atoms with E-state index >= 15 is 0 Å². The molecule has 0 spiro atoms. The zero-order valence-corrected chi connectivity index (χ0v) is 10.3. The van der Waals surface area contributed by atoms with Crippen molar-refractivity contribution in [3.63, 3.8) is 0 Å². The molecule has 0 aromatic carbocycles. The molecule has 0 heterocycles. The van der Waals surface area contributed by atoms with Gasteiger partial charge in [0.2, 0.25) is 0 Å². The molecule has 0 rings (SSSR count). The number of hydrogen-bond acceptors (Lipinski definition) is 3. The van der Waals surface area contributed by atoms with Gasteiger partial charge in [0, 0.05) is 19.6 Å². The lowest BCUT2D eigenvalue weighted by Crippen LogP contribution is -2.09. The topological polar surface area (TPSA) is 35.5 Å². The molecule has 0 aromatic heterocycles. The summed E-state index contributed by atoms with van der Waals surface area (Å²) in [6.45, 7) is 8.75. The van der Waals surface area contributed by atoms with Crippen LogP contribution in [0, 0.1) is 5.92 Å². The molecule has 3 nitrogen and oxygen atoms in total. The normalized spacial score (nSPS) is 10.9. The Bertz CT molecular complexity index is 155. The fraction of sp³-hybridized carbons (Fsp3) is 0.917. The molecule has 0 N–H and O–H groups in total. The maximum Gasteiger partial charge on any atom is 0.129 e. The van der Waals surface area contributed by atoms with Crippen LogP contribution in [0.3, 0.4) is 0 Å². The maximum atomic E-state index is 10.6. The fourth-order valence-electron chi connectivity index (χ4n) is 1.12. The Balaban J connectivity index is 2.96. The highest BCUT2D eigenvalue weighted by atomic mass is 16.5. The van der Waals surface area contributed by atoms with E-state index in [9.17, 15) is 4.79 Å². The molecule has 0 radical (unpaired) electrons. The Morgan fingerprint density at radius 1 is 1.07 bits per heavy atom. The molecular weight excluding hydrogens is 192 g/mol. The Kier molecular flexibility index (Phi) is 9.84. The average Bonchev–Trinajstić information content (AvgIpc) is 2.14. The van der Waals surface area contributed by atoms with E-state index in [1.54, 1.807) is 6.92 Å². The van der Waals surface area contributed by atoms with Crippen LogP contribution in [0.25, 0.3) is 0 Å². The predicted molar refractivity (Wildman–Crippen MR) is 61.0 cm³/mol. The number of Topliss-reactive ketones (excluding diaryl/α,β-unsaturated/α-hetero) is 1. The molecule has 0 saturated carbocycles.